The zero-order chi connectivity index (χ0) is 13.6. The second-order valence-corrected chi connectivity index (χ2v) is 5.14. The lowest BCUT2D eigenvalue weighted by Gasteiger charge is -2.20. The van der Waals surface area contributed by atoms with Crippen molar-refractivity contribution in [2.75, 3.05) is 26.3 Å². The summed E-state index contributed by atoms with van der Waals surface area (Å²) in [6.45, 7) is 3.14. The van der Waals surface area contributed by atoms with Crippen molar-refractivity contribution in [2.45, 2.75) is 25.4 Å². The van der Waals surface area contributed by atoms with Crippen LogP contribution in [0, 0.1) is 0 Å². The molecule has 0 aromatic heterocycles. The fraction of sp³-hybridized carbons (Fsp3) is 0.500. The van der Waals surface area contributed by atoms with Crippen molar-refractivity contribution < 1.29 is 14.2 Å². The fourth-order valence-corrected chi connectivity index (χ4v) is 2.47. The summed E-state index contributed by atoms with van der Waals surface area (Å²) in [5.74, 6) is 1.73. The second-order valence-electron chi connectivity index (χ2n) is 5.14. The zero-order valence-corrected chi connectivity index (χ0v) is 11.6. The highest BCUT2D eigenvalue weighted by atomic mass is 16.6. The number of rotatable bonds is 5. The second kappa shape index (κ2) is 6.66. The Morgan fingerprint density at radius 2 is 2.05 bits per heavy atom. The number of benzene rings is 1. The number of fused-ring (bicyclic) bond motifs is 1. The summed E-state index contributed by atoms with van der Waals surface area (Å²) >= 11 is 0. The van der Waals surface area contributed by atoms with Gasteiger partial charge in [0, 0.05) is 6.54 Å². The quantitative estimate of drug-likeness (QED) is 0.837. The van der Waals surface area contributed by atoms with E-state index in [4.69, 9.17) is 14.2 Å². The van der Waals surface area contributed by atoms with Crippen LogP contribution in [-0.2, 0) is 11.2 Å². The van der Waals surface area contributed by atoms with Crippen LogP contribution < -0.4 is 14.8 Å². The molecule has 0 spiro atoms. The topological polar surface area (TPSA) is 39.7 Å². The first-order valence-electron chi connectivity index (χ1n) is 7.31. The maximum Gasteiger partial charge on any atom is 0.161 e. The summed E-state index contributed by atoms with van der Waals surface area (Å²) in [6, 6.07) is 6.18. The molecule has 1 unspecified atom stereocenters. The lowest BCUT2D eigenvalue weighted by atomic mass is 10.1. The molecule has 108 valence electrons. The van der Waals surface area contributed by atoms with Gasteiger partial charge in [-0.25, -0.2) is 0 Å². The van der Waals surface area contributed by atoms with Crippen LogP contribution in [0.5, 0.6) is 11.5 Å². The van der Waals surface area contributed by atoms with E-state index in [-0.39, 0.29) is 0 Å². The summed E-state index contributed by atoms with van der Waals surface area (Å²) in [6.07, 6.45) is 7.42. The van der Waals surface area contributed by atoms with Gasteiger partial charge in [0.2, 0.25) is 0 Å². The van der Waals surface area contributed by atoms with Crippen LogP contribution in [0.1, 0.15) is 18.4 Å². The Morgan fingerprint density at radius 3 is 2.90 bits per heavy atom. The average Bonchev–Trinajstić information content (AvgIpc) is 2.52. The van der Waals surface area contributed by atoms with E-state index in [0.29, 0.717) is 19.3 Å². The molecule has 1 aromatic rings. The van der Waals surface area contributed by atoms with Crippen molar-refractivity contribution in [3.63, 3.8) is 0 Å². The largest absolute Gasteiger partial charge is 0.497 e. The van der Waals surface area contributed by atoms with Crippen molar-refractivity contribution in [1.29, 1.82) is 0 Å². The molecule has 2 heterocycles. The van der Waals surface area contributed by atoms with Crippen LogP contribution in [0.25, 0.3) is 0 Å². The lowest BCUT2D eigenvalue weighted by molar-refractivity contribution is 0.123. The molecule has 0 saturated carbocycles. The summed E-state index contributed by atoms with van der Waals surface area (Å²) in [5, 5.41) is 3.45. The van der Waals surface area contributed by atoms with Crippen LogP contribution in [0.2, 0.25) is 0 Å². The summed E-state index contributed by atoms with van der Waals surface area (Å²) in [7, 11) is 0. The molecule has 0 aliphatic carbocycles. The molecule has 0 saturated heterocycles. The monoisotopic (exact) mass is 275 g/mol. The van der Waals surface area contributed by atoms with E-state index in [0.717, 1.165) is 43.9 Å². The number of allylic oxidation sites excluding steroid dienone is 1. The first kappa shape index (κ1) is 13.3. The maximum atomic E-state index is 5.59. The molecule has 2 aliphatic heterocycles. The van der Waals surface area contributed by atoms with Gasteiger partial charge < -0.3 is 19.5 Å². The van der Waals surface area contributed by atoms with Crippen LogP contribution in [-0.4, -0.2) is 32.4 Å². The third kappa shape index (κ3) is 3.45. The molecule has 20 heavy (non-hydrogen) atoms. The first-order chi connectivity index (χ1) is 9.92. The zero-order valence-electron chi connectivity index (χ0n) is 11.6. The molecule has 0 amide bonds. The van der Waals surface area contributed by atoms with Crippen molar-refractivity contribution in [3.8, 4) is 11.5 Å². The fourth-order valence-electron chi connectivity index (χ4n) is 2.47. The Labute approximate surface area is 119 Å². The minimum atomic E-state index is 0.320. The van der Waals surface area contributed by atoms with E-state index >= 15 is 0 Å². The molecular weight excluding hydrogens is 254 g/mol. The summed E-state index contributed by atoms with van der Waals surface area (Å²) < 4.78 is 16.6. The van der Waals surface area contributed by atoms with E-state index in [2.05, 4.69) is 23.5 Å². The number of hydrogen-bond acceptors (Lipinski definition) is 4. The Morgan fingerprint density at radius 1 is 1.15 bits per heavy atom. The minimum Gasteiger partial charge on any atom is -0.497 e. The van der Waals surface area contributed by atoms with Crippen LogP contribution in [0.3, 0.4) is 0 Å². The van der Waals surface area contributed by atoms with Crippen LogP contribution in [0.4, 0.5) is 0 Å². The Balaban J connectivity index is 1.43. The average molecular weight is 275 g/mol. The standard InChI is InChI=1S/C16H21NO3/c1-2-8-18-14(3-1)12-17-7-6-13-4-5-15-16(11-13)20-10-9-19-15/h2,4-5,8,11,14,17H,1,3,6-7,9-10,12H2. The molecule has 1 atom stereocenters. The lowest BCUT2D eigenvalue weighted by Crippen LogP contribution is -2.30. The summed E-state index contributed by atoms with van der Waals surface area (Å²) in [4.78, 5) is 0. The molecule has 0 bridgehead atoms. The van der Waals surface area contributed by atoms with Gasteiger partial charge in [0.05, 0.1) is 6.26 Å². The highest BCUT2D eigenvalue weighted by Crippen LogP contribution is 2.30. The summed E-state index contributed by atoms with van der Waals surface area (Å²) in [5.41, 5.74) is 1.27. The SMILES string of the molecule is C1=COC(CNCCc2ccc3c(c2)OCCO3)CC1. The van der Waals surface area contributed by atoms with Gasteiger partial charge >= 0.3 is 0 Å². The van der Waals surface area contributed by atoms with Gasteiger partial charge in [0.25, 0.3) is 0 Å². The van der Waals surface area contributed by atoms with E-state index in [1.54, 1.807) is 0 Å². The van der Waals surface area contributed by atoms with E-state index < -0.39 is 0 Å². The molecule has 4 heteroatoms. The molecule has 1 aromatic carbocycles. The highest BCUT2D eigenvalue weighted by molar-refractivity contribution is 5.43. The van der Waals surface area contributed by atoms with Crippen molar-refractivity contribution in [3.05, 3.63) is 36.1 Å². The van der Waals surface area contributed by atoms with Crippen molar-refractivity contribution >= 4 is 0 Å². The third-order valence-electron chi connectivity index (χ3n) is 3.59. The van der Waals surface area contributed by atoms with Crippen molar-refractivity contribution in [2.24, 2.45) is 0 Å². The molecule has 0 radical (unpaired) electrons. The number of hydrogen-bond donors (Lipinski definition) is 1. The van der Waals surface area contributed by atoms with Crippen LogP contribution >= 0.6 is 0 Å². The van der Waals surface area contributed by atoms with Crippen molar-refractivity contribution in [1.82, 2.24) is 5.32 Å². The van der Waals surface area contributed by atoms with Gasteiger partial charge in [-0.15, -0.1) is 0 Å². The Hall–Kier alpha value is -1.68. The molecule has 1 N–H and O–H groups in total. The van der Waals surface area contributed by atoms with E-state index in [1.165, 1.54) is 5.56 Å². The maximum absolute atomic E-state index is 5.59. The minimum absolute atomic E-state index is 0.320. The number of ether oxygens (including phenoxy) is 3. The van der Waals surface area contributed by atoms with E-state index in [9.17, 15) is 0 Å². The van der Waals surface area contributed by atoms with Gasteiger partial charge in [-0.05, 0) is 49.6 Å². The van der Waals surface area contributed by atoms with Gasteiger partial charge in [0.15, 0.2) is 11.5 Å². The molecular formula is C16H21NO3. The van der Waals surface area contributed by atoms with Crippen LogP contribution in [0.15, 0.2) is 30.5 Å². The van der Waals surface area contributed by atoms with Gasteiger partial charge in [-0.3, -0.25) is 0 Å². The molecule has 3 rings (SSSR count). The van der Waals surface area contributed by atoms with Gasteiger partial charge in [0.1, 0.15) is 19.3 Å². The third-order valence-corrected chi connectivity index (χ3v) is 3.59. The predicted octanol–water partition coefficient (Wildman–Crippen LogP) is 2.28. The number of nitrogens with one attached hydrogen (secondary N) is 1. The Kier molecular flexibility index (Phi) is 4.43. The normalized spacial score (nSPS) is 20.5. The van der Waals surface area contributed by atoms with E-state index in [1.807, 2.05) is 12.3 Å². The Bertz CT molecular complexity index is 473. The molecule has 0 fully saturated rings. The smallest absolute Gasteiger partial charge is 0.161 e. The predicted molar refractivity (Wildman–Crippen MR) is 77.3 cm³/mol. The van der Waals surface area contributed by atoms with Gasteiger partial charge in [-0.2, -0.15) is 0 Å². The highest BCUT2D eigenvalue weighted by Gasteiger charge is 2.12. The first-order valence-corrected chi connectivity index (χ1v) is 7.31. The molecule has 4 nitrogen and oxygen atoms in total. The van der Waals surface area contributed by atoms with Gasteiger partial charge in [-0.1, -0.05) is 6.07 Å². The molecule has 2 aliphatic rings.